The third-order valence-electron chi connectivity index (χ3n) is 2.49. The van der Waals surface area contributed by atoms with Gasteiger partial charge in [-0.1, -0.05) is 17.7 Å². The van der Waals surface area contributed by atoms with E-state index in [1.807, 2.05) is 0 Å². The zero-order valence-electron chi connectivity index (χ0n) is 9.29. The Labute approximate surface area is 103 Å². The molecule has 5 heteroatoms. The van der Waals surface area contributed by atoms with Crippen LogP contribution in [0.1, 0.15) is 22.8 Å². The van der Waals surface area contributed by atoms with Crippen molar-refractivity contribution in [3.63, 3.8) is 0 Å². The molecule has 0 atom stereocenters. The fourth-order valence-corrected chi connectivity index (χ4v) is 1.97. The Hall–Kier alpha value is -1.55. The molecule has 0 saturated heterocycles. The summed E-state index contributed by atoms with van der Waals surface area (Å²) in [4.78, 5) is 23.3. The van der Waals surface area contributed by atoms with Gasteiger partial charge in [-0.15, -0.1) is 0 Å². The van der Waals surface area contributed by atoms with E-state index in [9.17, 15) is 9.59 Å². The van der Waals surface area contributed by atoms with Gasteiger partial charge in [-0.3, -0.25) is 4.79 Å². The molecule has 0 amide bonds. The number of benzene rings is 1. The molecule has 1 heterocycles. The molecule has 0 unspecified atom stereocenters. The Bertz CT molecular complexity index is 482. The average molecular weight is 255 g/mol. The van der Waals surface area contributed by atoms with Gasteiger partial charge in [0.2, 0.25) is 0 Å². The number of carbonyl (C=O) groups excluding carboxylic acids is 2. The van der Waals surface area contributed by atoms with Crippen LogP contribution in [0.2, 0.25) is 5.02 Å². The third-order valence-corrected chi connectivity index (χ3v) is 2.81. The minimum atomic E-state index is -0.904. The van der Waals surface area contributed by atoms with Crippen molar-refractivity contribution in [2.24, 2.45) is 0 Å². The molecule has 1 aromatic rings. The predicted octanol–water partition coefficient (Wildman–Crippen LogP) is 2.02. The Morgan fingerprint density at radius 1 is 1.47 bits per heavy atom. The zero-order chi connectivity index (χ0) is 12.4. The fourth-order valence-electron chi connectivity index (χ4n) is 1.74. The van der Waals surface area contributed by atoms with Crippen LogP contribution in [0.15, 0.2) is 12.1 Å². The van der Waals surface area contributed by atoms with Gasteiger partial charge in [0.25, 0.3) is 5.78 Å². The Morgan fingerprint density at radius 2 is 2.24 bits per heavy atom. The van der Waals surface area contributed by atoms with E-state index in [0.29, 0.717) is 12.4 Å². The monoisotopic (exact) mass is 254 g/mol. The van der Waals surface area contributed by atoms with Gasteiger partial charge < -0.3 is 9.47 Å². The Morgan fingerprint density at radius 3 is 2.94 bits per heavy atom. The van der Waals surface area contributed by atoms with E-state index in [1.54, 1.807) is 19.1 Å². The molecular formula is C12H11ClO4. The summed E-state index contributed by atoms with van der Waals surface area (Å²) in [7, 11) is 0. The van der Waals surface area contributed by atoms with Crippen LogP contribution in [-0.2, 0) is 16.0 Å². The van der Waals surface area contributed by atoms with Crippen molar-refractivity contribution < 1.29 is 19.1 Å². The number of fused-ring (bicyclic) bond motifs is 1. The smallest absolute Gasteiger partial charge is 0.379 e. The SMILES string of the molecule is CCOC(=O)C(=O)c1c(Cl)ccc2c1OCC2. The maximum absolute atomic E-state index is 11.9. The summed E-state index contributed by atoms with van der Waals surface area (Å²) in [6, 6.07) is 3.40. The standard InChI is InChI=1S/C12H11ClO4/c1-2-16-12(15)10(14)9-8(13)4-3-7-5-6-17-11(7)9/h3-4H,2,5-6H2,1H3. The average Bonchev–Trinajstić information content (AvgIpc) is 2.76. The number of Topliss-reactive ketones (excluding diaryl/α,β-unsaturated/α-hetero) is 1. The van der Waals surface area contributed by atoms with Gasteiger partial charge in [0.1, 0.15) is 5.75 Å². The number of hydrogen-bond acceptors (Lipinski definition) is 4. The molecule has 90 valence electrons. The van der Waals surface area contributed by atoms with Crippen molar-refractivity contribution in [1.29, 1.82) is 0 Å². The van der Waals surface area contributed by atoms with Gasteiger partial charge in [0.05, 0.1) is 23.8 Å². The number of esters is 1. The molecule has 0 aliphatic carbocycles. The summed E-state index contributed by atoms with van der Waals surface area (Å²) in [6.07, 6.45) is 0.718. The first kappa shape index (κ1) is 11.9. The van der Waals surface area contributed by atoms with Gasteiger partial charge in [-0.25, -0.2) is 4.79 Å². The predicted molar refractivity (Wildman–Crippen MR) is 61.6 cm³/mol. The van der Waals surface area contributed by atoms with Gasteiger partial charge in [0, 0.05) is 6.42 Å². The van der Waals surface area contributed by atoms with Crippen LogP contribution in [0.3, 0.4) is 0 Å². The minimum absolute atomic E-state index is 0.111. The molecule has 0 fully saturated rings. The van der Waals surface area contributed by atoms with Gasteiger partial charge in [-0.05, 0) is 18.6 Å². The molecule has 0 N–H and O–H groups in total. The van der Waals surface area contributed by atoms with Crippen LogP contribution in [0, 0.1) is 0 Å². The van der Waals surface area contributed by atoms with E-state index >= 15 is 0 Å². The highest BCUT2D eigenvalue weighted by Crippen LogP contribution is 2.34. The van der Waals surface area contributed by atoms with E-state index < -0.39 is 11.8 Å². The summed E-state index contributed by atoms with van der Waals surface area (Å²) in [5.74, 6) is -1.25. The second-order valence-corrected chi connectivity index (χ2v) is 3.97. The second-order valence-electron chi connectivity index (χ2n) is 3.56. The molecule has 17 heavy (non-hydrogen) atoms. The van der Waals surface area contributed by atoms with E-state index in [4.69, 9.17) is 16.3 Å². The molecule has 4 nitrogen and oxygen atoms in total. The second kappa shape index (κ2) is 4.75. The highest BCUT2D eigenvalue weighted by molar-refractivity contribution is 6.46. The molecule has 1 aromatic carbocycles. The van der Waals surface area contributed by atoms with Crippen molar-refractivity contribution in [2.45, 2.75) is 13.3 Å². The molecule has 0 aromatic heterocycles. The lowest BCUT2D eigenvalue weighted by Crippen LogP contribution is -2.18. The van der Waals surface area contributed by atoms with E-state index in [1.165, 1.54) is 0 Å². The lowest BCUT2D eigenvalue weighted by Gasteiger charge is -2.08. The van der Waals surface area contributed by atoms with Crippen molar-refractivity contribution in [1.82, 2.24) is 0 Å². The maximum Gasteiger partial charge on any atom is 0.379 e. The molecule has 0 saturated carbocycles. The molecule has 0 spiro atoms. The van der Waals surface area contributed by atoms with E-state index in [2.05, 4.69) is 4.74 Å². The van der Waals surface area contributed by atoms with E-state index in [0.717, 1.165) is 12.0 Å². The number of halogens is 1. The summed E-state index contributed by atoms with van der Waals surface area (Å²) in [5, 5.41) is 0.212. The summed E-state index contributed by atoms with van der Waals surface area (Å²) in [6.45, 7) is 2.29. The first-order valence-corrected chi connectivity index (χ1v) is 5.68. The minimum Gasteiger partial charge on any atom is -0.492 e. The van der Waals surface area contributed by atoms with Crippen molar-refractivity contribution in [3.05, 3.63) is 28.3 Å². The van der Waals surface area contributed by atoms with Crippen LogP contribution in [0.25, 0.3) is 0 Å². The highest BCUT2D eigenvalue weighted by Gasteiger charge is 2.28. The number of ketones is 1. The van der Waals surface area contributed by atoms with Crippen molar-refractivity contribution in [3.8, 4) is 5.75 Å². The van der Waals surface area contributed by atoms with Crippen LogP contribution in [0.4, 0.5) is 0 Å². The highest BCUT2D eigenvalue weighted by atomic mass is 35.5. The quantitative estimate of drug-likeness (QED) is 0.470. The van der Waals surface area contributed by atoms with Crippen LogP contribution >= 0.6 is 11.6 Å². The van der Waals surface area contributed by atoms with Crippen LogP contribution < -0.4 is 4.74 Å². The molecular weight excluding hydrogens is 244 g/mol. The molecule has 0 radical (unpaired) electrons. The number of hydrogen-bond donors (Lipinski definition) is 0. The lowest BCUT2D eigenvalue weighted by molar-refractivity contribution is -0.137. The van der Waals surface area contributed by atoms with Gasteiger partial charge in [-0.2, -0.15) is 0 Å². The number of ether oxygens (including phenoxy) is 2. The molecule has 0 bridgehead atoms. The van der Waals surface area contributed by atoms with Crippen molar-refractivity contribution >= 4 is 23.4 Å². The van der Waals surface area contributed by atoms with Crippen molar-refractivity contribution in [2.75, 3.05) is 13.2 Å². The zero-order valence-corrected chi connectivity index (χ0v) is 10.0. The molecule has 1 aliphatic heterocycles. The fraction of sp³-hybridized carbons (Fsp3) is 0.333. The maximum atomic E-state index is 11.9. The first-order chi connectivity index (χ1) is 8.15. The summed E-state index contributed by atoms with van der Waals surface area (Å²) in [5.41, 5.74) is 1.00. The van der Waals surface area contributed by atoms with Gasteiger partial charge in [0.15, 0.2) is 0 Å². The third kappa shape index (κ3) is 2.13. The molecule has 2 rings (SSSR count). The topological polar surface area (TPSA) is 52.6 Å². The number of carbonyl (C=O) groups is 2. The Balaban J connectivity index is 2.41. The lowest BCUT2D eigenvalue weighted by atomic mass is 10.0. The molecule has 1 aliphatic rings. The summed E-state index contributed by atoms with van der Waals surface area (Å²) >= 11 is 5.94. The van der Waals surface area contributed by atoms with Crippen LogP contribution in [0.5, 0.6) is 5.75 Å². The van der Waals surface area contributed by atoms with Crippen LogP contribution in [-0.4, -0.2) is 25.0 Å². The van der Waals surface area contributed by atoms with Gasteiger partial charge >= 0.3 is 5.97 Å². The normalized spacial score (nSPS) is 12.8. The Kier molecular flexibility index (Phi) is 3.33. The number of rotatable bonds is 3. The summed E-state index contributed by atoms with van der Waals surface area (Å²) < 4.78 is 10.0. The van der Waals surface area contributed by atoms with E-state index in [-0.39, 0.29) is 17.2 Å². The largest absolute Gasteiger partial charge is 0.492 e. The first-order valence-electron chi connectivity index (χ1n) is 5.30.